The number of rotatable bonds is 6. The number of likely N-dealkylation sites (tertiary alicyclic amines) is 1. The van der Waals surface area contributed by atoms with Crippen LogP contribution in [0.15, 0.2) is 36.5 Å². The van der Waals surface area contributed by atoms with E-state index in [4.69, 9.17) is 4.74 Å². The SMILES string of the molecule is Cn1ccc(NC(=O)CN2CCC[C@@](O)(COc3ccc(F)cc3)C2)n1. The number of amides is 1. The number of β-amino-alcohol motifs (C(OH)–C–C–N with tert-alkyl or cyclic N) is 1. The number of halogens is 1. The minimum atomic E-state index is -1.04. The zero-order valence-corrected chi connectivity index (χ0v) is 14.7. The van der Waals surface area contributed by atoms with Gasteiger partial charge >= 0.3 is 0 Å². The maximum atomic E-state index is 12.9. The van der Waals surface area contributed by atoms with Crippen molar-refractivity contribution in [2.75, 3.05) is 31.6 Å². The Morgan fingerprint density at radius 3 is 2.85 bits per heavy atom. The quantitative estimate of drug-likeness (QED) is 0.812. The van der Waals surface area contributed by atoms with E-state index in [1.54, 1.807) is 24.0 Å². The van der Waals surface area contributed by atoms with Crippen LogP contribution in [0, 0.1) is 5.82 Å². The van der Waals surface area contributed by atoms with E-state index in [9.17, 15) is 14.3 Å². The number of anilines is 1. The smallest absolute Gasteiger partial charge is 0.239 e. The molecule has 0 spiro atoms. The first-order valence-electron chi connectivity index (χ1n) is 8.54. The summed E-state index contributed by atoms with van der Waals surface area (Å²) in [4.78, 5) is 14.1. The molecule has 1 aromatic carbocycles. The van der Waals surface area contributed by atoms with Crippen molar-refractivity contribution in [3.8, 4) is 5.75 Å². The fourth-order valence-electron chi connectivity index (χ4n) is 3.07. The van der Waals surface area contributed by atoms with Gasteiger partial charge < -0.3 is 15.2 Å². The molecule has 1 saturated heterocycles. The van der Waals surface area contributed by atoms with Gasteiger partial charge in [0, 0.05) is 25.9 Å². The van der Waals surface area contributed by atoms with Crippen LogP contribution in [0.1, 0.15) is 12.8 Å². The van der Waals surface area contributed by atoms with Crippen LogP contribution in [0.5, 0.6) is 5.75 Å². The molecule has 26 heavy (non-hydrogen) atoms. The summed E-state index contributed by atoms with van der Waals surface area (Å²) in [6, 6.07) is 7.41. The molecule has 1 aliphatic rings. The highest BCUT2D eigenvalue weighted by Gasteiger charge is 2.34. The molecule has 8 heteroatoms. The second kappa shape index (κ2) is 7.84. The van der Waals surface area contributed by atoms with Crippen molar-refractivity contribution in [3.05, 3.63) is 42.3 Å². The van der Waals surface area contributed by atoms with Crippen LogP contribution >= 0.6 is 0 Å². The van der Waals surface area contributed by atoms with Gasteiger partial charge in [-0.1, -0.05) is 0 Å². The third kappa shape index (κ3) is 5.03. The highest BCUT2D eigenvalue weighted by molar-refractivity contribution is 5.91. The number of aromatic nitrogens is 2. The Kier molecular flexibility index (Phi) is 5.53. The van der Waals surface area contributed by atoms with Gasteiger partial charge in [0.05, 0.1) is 6.54 Å². The van der Waals surface area contributed by atoms with Gasteiger partial charge in [-0.15, -0.1) is 0 Å². The lowest BCUT2D eigenvalue weighted by atomic mass is 9.93. The van der Waals surface area contributed by atoms with Gasteiger partial charge in [0.25, 0.3) is 0 Å². The average Bonchev–Trinajstić information content (AvgIpc) is 2.99. The fourth-order valence-corrected chi connectivity index (χ4v) is 3.07. The van der Waals surface area contributed by atoms with Crippen molar-refractivity contribution >= 4 is 11.7 Å². The average molecular weight is 362 g/mol. The lowest BCUT2D eigenvalue weighted by molar-refractivity contribution is -0.119. The summed E-state index contributed by atoms with van der Waals surface area (Å²) < 4.78 is 20.1. The number of hydrogen-bond acceptors (Lipinski definition) is 5. The van der Waals surface area contributed by atoms with Crippen LogP contribution in [0.4, 0.5) is 10.2 Å². The first-order chi connectivity index (χ1) is 12.4. The summed E-state index contributed by atoms with van der Waals surface area (Å²) in [7, 11) is 1.78. The predicted octanol–water partition coefficient (Wildman–Crippen LogP) is 1.40. The van der Waals surface area contributed by atoms with Crippen molar-refractivity contribution in [3.63, 3.8) is 0 Å². The largest absolute Gasteiger partial charge is 0.491 e. The number of carbonyl (C=O) groups is 1. The molecule has 1 aromatic heterocycles. The summed E-state index contributed by atoms with van der Waals surface area (Å²) in [5.74, 6) is 0.500. The summed E-state index contributed by atoms with van der Waals surface area (Å²) >= 11 is 0. The van der Waals surface area contributed by atoms with Gasteiger partial charge in [0.1, 0.15) is 23.8 Å². The molecule has 0 bridgehead atoms. The minimum Gasteiger partial charge on any atom is -0.491 e. The topological polar surface area (TPSA) is 79.6 Å². The van der Waals surface area contributed by atoms with Crippen molar-refractivity contribution in [2.45, 2.75) is 18.4 Å². The lowest BCUT2D eigenvalue weighted by Crippen LogP contribution is -2.53. The van der Waals surface area contributed by atoms with Gasteiger partial charge in [0.2, 0.25) is 5.91 Å². The molecular weight excluding hydrogens is 339 g/mol. The number of piperidine rings is 1. The van der Waals surface area contributed by atoms with Crippen LogP contribution in [0.25, 0.3) is 0 Å². The van der Waals surface area contributed by atoms with E-state index in [1.165, 1.54) is 24.3 Å². The van der Waals surface area contributed by atoms with Gasteiger partial charge in [-0.05, 0) is 43.7 Å². The Hall–Kier alpha value is -2.45. The van der Waals surface area contributed by atoms with Crippen LogP contribution in [-0.2, 0) is 11.8 Å². The number of hydrogen-bond donors (Lipinski definition) is 2. The summed E-state index contributed by atoms with van der Waals surface area (Å²) in [5.41, 5.74) is -1.04. The first kappa shape index (κ1) is 18.3. The minimum absolute atomic E-state index is 0.0942. The lowest BCUT2D eigenvalue weighted by Gasteiger charge is -2.38. The third-order valence-corrected chi connectivity index (χ3v) is 4.30. The molecule has 2 aromatic rings. The van der Waals surface area contributed by atoms with Crippen LogP contribution in [0.2, 0.25) is 0 Å². The van der Waals surface area contributed by atoms with E-state index in [0.717, 1.165) is 13.0 Å². The van der Waals surface area contributed by atoms with Crippen LogP contribution < -0.4 is 10.1 Å². The highest BCUT2D eigenvalue weighted by Crippen LogP contribution is 2.23. The molecule has 1 atom stereocenters. The van der Waals surface area contributed by atoms with E-state index in [2.05, 4.69) is 10.4 Å². The highest BCUT2D eigenvalue weighted by atomic mass is 19.1. The molecule has 0 saturated carbocycles. The van der Waals surface area contributed by atoms with Gasteiger partial charge in [-0.25, -0.2) is 4.39 Å². The Morgan fingerprint density at radius 2 is 2.15 bits per heavy atom. The normalized spacial score (nSPS) is 20.7. The number of nitrogens with zero attached hydrogens (tertiary/aromatic N) is 3. The summed E-state index contributed by atoms with van der Waals surface area (Å²) in [6.07, 6.45) is 3.11. The molecule has 1 fully saturated rings. The maximum absolute atomic E-state index is 12.9. The number of nitrogens with one attached hydrogen (secondary N) is 1. The third-order valence-electron chi connectivity index (χ3n) is 4.30. The number of aryl methyl sites for hydroxylation is 1. The van der Waals surface area contributed by atoms with E-state index >= 15 is 0 Å². The molecule has 140 valence electrons. The zero-order chi connectivity index (χ0) is 18.6. The van der Waals surface area contributed by atoms with Crippen molar-refractivity contribution in [1.82, 2.24) is 14.7 Å². The van der Waals surface area contributed by atoms with Gasteiger partial charge in [-0.3, -0.25) is 14.4 Å². The molecule has 1 aliphatic heterocycles. The Morgan fingerprint density at radius 1 is 1.38 bits per heavy atom. The van der Waals surface area contributed by atoms with Crippen molar-refractivity contribution in [1.29, 1.82) is 0 Å². The molecule has 0 unspecified atom stereocenters. The van der Waals surface area contributed by atoms with Gasteiger partial charge in [-0.2, -0.15) is 5.10 Å². The van der Waals surface area contributed by atoms with E-state index in [0.29, 0.717) is 24.5 Å². The van der Waals surface area contributed by atoms with Crippen LogP contribution in [0.3, 0.4) is 0 Å². The zero-order valence-electron chi connectivity index (χ0n) is 14.7. The van der Waals surface area contributed by atoms with Crippen LogP contribution in [-0.4, -0.2) is 57.5 Å². The van der Waals surface area contributed by atoms with Crippen molar-refractivity contribution in [2.24, 2.45) is 7.05 Å². The summed E-state index contributed by atoms with van der Waals surface area (Å²) in [5, 5.41) is 17.6. The molecule has 2 heterocycles. The molecule has 0 aliphatic carbocycles. The number of ether oxygens (including phenoxy) is 1. The number of aliphatic hydroxyl groups is 1. The fraction of sp³-hybridized carbons (Fsp3) is 0.444. The van der Waals surface area contributed by atoms with Crippen molar-refractivity contribution < 1.29 is 19.0 Å². The predicted molar refractivity (Wildman–Crippen MR) is 94.4 cm³/mol. The van der Waals surface area contributed by atoms with E-state index in [-0.39, 0.29) is 24.9 Å². The monoisotopic (exact) mass is 362 g/mol. The second-order valence-corrected chi connectivity index (χ2v) is 6.70. The summed E-state index contributed by atoms with van der Waals surface area (Å²) in [6.45, 7) is 1.34. The van der Waals surface area contributed by atoms with E-state index in [1.807, 2.05) is 4.90 Å². The first-order valence-corrected chi connectivity index (χ1v) is 8.54. The maximum Gasteiger partial charge on any atom is 0.239 e. The Labute approximate surface area is 151 Å². The molecule has 1 amide bonds. The standard InChI is InChI=1S/C18H23FN4O3/c1-22-10-7-16(21-22)20-17(24)11-23-9-2-8-18(25,12-23)13-26-15-5-3-14(19)4-6-15/h3-7,10,25H,2,8-9,11-13H2,1H3,(H,20,21,24)/t18-/m0/s1. The molecular formula is C18H23FN4O3. The Balaban J connectivity index is 1.50. The second-order valence-electron chi connectivity index (χ2n) is 6.70. The molecule has 7 nitrogen and oxygen atoms in total. The molecule has 2 N–H and O–H groups in total. The number of carbonyl (C=O) groups excluding carboxylic acids is 1. The Bertz CT molecular complexity index is 749. The molecule has 0 radical (unpaired) electrons. The number of benzene rings is 1. The van der Waals surface area contributed by atoms with E-state index < -0.39 is 5.60 Å². The van der Waals surface area contributed by atoms with Gasteiger partial charge in [0.15, 0.2) is 5.82 Å². The molecule has 3 rings (SSSR count).